The lowest BCUT2D eigenvalue weighted by Crippen LogP contribution is -2.40. The van der Waals surface area contributed by atoms with Gasteiger partial charge in [0.15, 0.2) is 0 Å². The highest BCUT2D eigenvalue weighted by Gasteiger charge is 2.21. The van der Waals surface area contributed by atoms with E-state index in [-0.39, 0.29) is 11.8 Å². The first-order chi connectivity index (χ1) is 20.5. The summed E-state index contributed by atoms with van der Waals surface area (Å²) < 4.78 is 16.7. The largest absolute Gasteiger partial charge is 0.512 e. The quantitative estimate of drug-likeness (QED) is 0.158. The van der Waals surface area contributed by atoms with Crippen LogP contribution in [0, 0.1) is 6.92 Å². The Balaban J connectivity index is 1.25. The molecule has 2 N–H and O–H groups in total. The number of nitrogens with zero attached hydrogens (tertiary/aromatic N) is 1. The second kappa shape index (κ2) is 12.0. The van der Waals surface area contributed by atoms with Gasteiger partial charge in [-0.1, -0.05) is 60.7 Å². The fraction of sp³-hybridized carbons (Fsp3) is 0.235. The Morgan fingerprint density at radius 3 is 2.50 bits per heavy atom. The number of para-hydroxylation sites is 1. The molecule has 214 valence electrons. The zero-order valence-electron chi connectivity index (χ0n) is 23.4. The molecule has 0 saturated carbocycles. The van der Waals surface area contributed by atoms with E-state index in [4.69, 9.17) is 14.2 Å². The van der Waals surface area contributed by atoms with Gasteiger partial charge in [0.2, 0.25) is 5.88 Å². The summed E-state index contributed by atoms with van der Waals surface area (Å²) in [6.45, 7) is 4.72. The van der Waals surface area contributed by atoms with Crippen molar-refractivity contribution in [2.75, 3.05) is 32.9 Å². The van der Waals surface area contributed by atoms with Gasteiger partial charge in [-0.25, -0.2) is 4.79 Å². The summed E-state index contributed by atoms with van der Waals surface area (Å²) in [5.41, 5.74) is 5.01. The third-order valence-electron chi connectivity index (χ3n) is 7.73. The van der Waals surface area contributed by atoms with Crippen LogP contribution < -0.4 is 9.47 Å². The van der Waals surface area contributed by atoms with Crippen LogP contribution in [0.4, 0.5) is 4.79 Å². The van der Waals surface area contributed by atoms with Crippen LogP contribution in [0.5, 0.6) is 11.6 Å². The Morgan fingerprint density at radius 1 is 0.929 bits per heavy atom. The molecule has 1 amide bonds. The van der Waals surface area contributed by atoms with Crippen LogP contribution in [0.1, 0.15) is 27.9 Å². The van der Waals surface area contributed by atoms with Gasteiger partial charge in [0.1, 0.15) is 5.75 Å². The number of morpholine rings is 1. The summed E-state index contributed by atoms with van der Waals surface area (Å²) in [7, 11) is 0. The zero-order chi connectivity index (χ0) is 29.1. The molecule has 42 heavy (non-hydrogen) atoms. The van der Waals surface area contributed by atoms with Crippen molar-refractivity contribution in [3.63, 3.8) is 0 Å². The maximum absolute atomic E-state index is 13.0. The third kappa shape index (κ3) is 5.53. The van der Waals surface area contributed by atoms with Crippen LogP contribution in [0.25, 0.3) is 32.8 Å². The standard InChI is InChI=1S/C34H32N2O6/c1-22-21-24(33(37)36-16-19-40-20-17-36)14-15-25(22)27-10-5-11-28-29(32(35-31(27)28)42-34(38)39)12-6-18-41-30-13-4-8-23-7-2-3-9-26(23)30/h2-5,7-11,13-15,21,35H,6,12,16-20H2,1H3,(H,38,39). The number of aromatic nitrogens is 1. The molecular weight excluding hydrogens is 532 g/mol. The number of carbonyl (C=O) groups is 2. The fourth-order valence-electron chi connectivity index (χ4n) is 5.70. The number of fused-ring (bicyclic) bond motifs is 2. The van der Waals surface area contributed by atoms with E-state index in [2.05, 4.69) is 17.1 Å². The number of carbonyl (C=O) groups excluding carboxylic acids is 1. The smallest absolute Gasteiger partial charge is 0.493 e. The second-order valence-electron chi connectivity index (χ2n) is 10.4. The molecular formula is C34H32N2O6. The van der Waals surface area contributed by atoms with E-state index < -0.39 is 6.16 Å². The third-order valence-corrected chi connectivity index (χ3v) is 7.73. The minimum absolute atomic E-state index is 0.00354. The number of ether oxygens (including phenoxy) is 3. The maximum Gasteiger partial charge on any atom is 0.512 e. The Bertz CT molecular complexity index is 1760. The van der Waals surface area contributed by atoms with Gasteiger partial charge < -0.3 is 29.2 Å². The number of benzene rings is 4. The van der Waals surface area contributed by atoms with Crippen molar-refractivity contribution in [3.05, 3.63) is 95.6 Å². The van der Waals surface area contributed by atoms with Crippen LogP contribution in [-0.2, 0) is 11.2 Å². The van der Waals surface area contributed by atoms with E-state index >= 15 is 0 Å². The Kier molecular flexibility index (Phi) is 7.79. The van der Waals surface area contributed by atoms with Gasteiger partial charge in [0.05, 0.1) is 25.3 Å². The molecule has 1 aliphatic rings. The zero-order valence-corrected chi connectivity index (χ0v) is 23.4. The van der Waals surface area contributed by atoms with Gasteiger partial charge in [0, 0.05) is 40.6 Å². The summed E-state index contributed by atoms with van der Waals surface area (Å²) in [6.07, 6.45) is -0.158. The molecule has 0 radical (unpaired) electrons. The van der Waals surface area contributed by atoms with Crippen LogP contribution in [0.3, 0.4) is 0 Å². The molecule has 1 aromatic heterocycles. The number of aryl methyl sites for hydroxylation is 2. The number of rotatable bonds is 8. The number of nitrogens with one attached hydrogen (secondary N) is 1. The Hall–Kier alpha value is -4.82. The normalized spacial score (nSPS) is 13.4. The number of hydrogen-bond donors (Lipinski definition) is 2. The highest BCUT2D eigenvalue weighted by atomic mass is 16.7. The van der Waals surface area contributed by atoms with E-state index in [0.717, 1.165) is 49.7 Å². The number of carboxylic acid groups (broad SMARTS) is 1. The fourth-order valence-corrected chi connectivity index (χ4v) is 5.70. The summed E-state index contributed by atoms with van der Waals surface area (Å²) in [4.78, 5) is 29.6. The predicted molar refractivity (Wildman–Crippen MR) is 162 cm³/mol. The van der Waals surface area contributed by atoms with Crippen molar-refractivity contribution in [3.8, 4) is 22.8 Å². The number of H-pyrrole nitrogens is 1. The van der Waals surface area contributed by atoms with Gasteiger partial charge in [0.25, 0.3) is 5.91 Å². The average Bonchev–Trinajstić information content (AvgIpc) is 3.35. The highest BCUT2D eigenvalue weighted by Crippen LogP contribution is 2.37. The first-order valence-electron chi connectivity index (χ1n) is 14.1. The van der Waals surface area contributed by atoms with E-state index in [0.29, 0.717) is 51.3 Å². The van der Waals surface area contributed by atoms with Crippen molar-refractivity contribution in [1.82, 2.24) is 9.88 Å². The van der Waals surface area contributed by atoms with Crippen molar-refractivity contribution in [2.45, 2.75) is 19.8 Å². The lowest BCUT2D eigenvalue weighted by atomic mass is 9.95. The van der Waals surface area contributed by atoms with E-state index in [1.807, 2.05) is 78.6 Å². The lowest BCUT2D eigenvalue weighted by Gasteiger charge is -2.27. The minimum Gasteiger partial charge on any atom is -0.493 e. The van der Waals surface area contributed by atoms with Crippen LogP contribution in [0.15, 0.2) is 78.9 Å². The van der Waals surface area contributed by atoms with Crippen molar-refractivity contribution in [1.29, 1.82) is 0 Å². The van der Waals surface area contributed by atoms with Crippen LogP contribution in [0.2, 0.25) is 0 Å². The first kappa shape index (κ1) is 27.4. The van der Waals surface area contributed by atoms with Gasteiger partial charge in [-0.05, 0) is 54.5 Å². The highest BCUT2D eigenvalue weighted by molar-refractivity contribution is 6.00. The summed E-state index contributed by atoms with van der Waals surface area (Å²) in [6, 6.07) is 25.7. The van der Waals surface area contributed by atoms with Gasteiger partial charge in [-0.15, -0.1) is 0 Å². The topological polar surface area (TPSA) is 101 Å². The molecule has 6 rings (SSSR count). The van der Waals surface area contributed by atoms with Crippen LogP contribution in [-0.4, -0.2) is 60.0 Å². The Morgan fingerprint density at radius 2 is 1.69 bits per heavy atom. The van der Waals surface area contributed by atoms with Gasteiger partial charge in [-0.2, -0.15) is 0 Å². The lowest BCUT2D eigenvalue weighted by molar-refractivity contribution is 0.0303. The summed E-state index contributed by atoms with van der Waals surface area (Å²) in [5, 5.41) is 12.5. The molecule has 8 nitrogen and oxygen atoms in total. The molecule has 0 atom stereocenters. The maximum atomic E-state index is 13.0. The summed E-state index contributed by atoms with van der Waals surface area (Å²) in [5.74, 6) is 1.03. The molecule has 1 aliphatic heterocycles. The van der Waals surface area contributed by atoms with E-state index in [9.17, 15) is 14.7 Å². The minimum atomic E-state index is -1.38. The average molecular weight is 565 g/mol. The molecule has 0 bridgehead atoms. The van der Waals surface area contributed by atoms with E-state index in [1.165, 1.54) is 0 Å². The monoisotopic (exact) mass is 564 g/mol. The Labute approximate surface area is 243 Å². The SMILES string of the molecule is Cc1cc(C(=O)N2CCOCC2)ccc1-c1cccc2c(CCCOc3cccc4ccccc34)c(OC(=O)O)[nH]c12. The molecule has 4 aromatic carbocycles. The van der Waals surface area contributed by atoms with Crippen molar-refractivity contribution in [2.24, 2.45) is 0 Å². The van der Waals surface area contributed by atoms with Crippen molar-refractivity contribution >= 4 is 33.7 Å². The predicted octanol–water partition coefficient (Wildman–Crippen LogP) is 6.84. The molecule has 1 fully saturated rings. The van der Waals surface area contributed by atoms with Gasteiger partial charge in [-0.3, -0.25) is 4.79 Å². The van der Waals surface area contributed by atoms with Crippen molar-refractivity contribution < 1.29 is 28.9 Å². The molecule has 2 heterocycles. The number of aromatic amines is 1. The molecule has 0 aliphatic carbocycles. The number of hydrogen-bond acceptors (Lipinski definition) is 5. The van der Waals surface area contributed by atoms with Crippen LogP contribution >= 0.6 is 0 Å². The summed E-state index contributed by atoms with van der Waals surface area (Å²) >= 11 is 0. The number of amides is 1. The van der Waals surface area contributed by atoms with E-state index in [1.54, 1.807) is 0 Å². The molecule has 1 saturated heterocycles. The first-order valence-corrected chi connectivity index (χ1v) is 14.1. The molecule has 5 aromatic rings. The molecule has 0 spiro atoms. The molecule has 8 heteroatoms. The van der Waals surface area contributed by atoms with Gasteiger partial charge >= 0.3 is 6.16 Å². The second-order valence-corrected chi connectivity index (χ2v) is 10.4. The molecule has 0 unspecified atom stereocenters.